The van der Waals surface area contributed by atoms with Gasteiger partial charge in [-0.1, -0.05) is 18.2 Å². The number of hydrogen-bond donors (Lipinski definition) is 1. The fourth-order valence-electron chi connectivity index (χ4n) is 3.62. The number of ether oxygens (including phenoxy) is 1. The van der Waals surface area contributed by atoms with E-state index >= 15 is 0 Å². The largest absolute Gasteiger partial charge is 0.494 e. The summed E-state index contributed by atoms with van der Waals surface area (Å²) in [5.41, 5.74) is 9.02. The third kappa shape index (κ3) is 3.66. The smallest absolute Gasteiger partial charge is 0.399 e. The summed E-state index contributed by atoms with van der Waals surface area (Å²) in [7, 11) is -0.352. The zero-order chi connectivity index (χ0) is 18.5. The van der Waals surface area contributed by atoms with E-state index < -0.39 is 5.54 Å². The minimum absolute atomic E-state index is 0.338. The molecule has 1 aromatic rings. The summed E-state index contributed by atoms with van der Waals surface area (Å²) in [5, 5.41) is 0. The molecule has 2 fully saturated rings. The summed E-state index contributed by atoms with van der Waals surface area (Å²) in [4.78, 5) is 0. The molecule has 0 saturated carbocycles. The van der Waals surface area contributed by atoms with E-state index in [-0.39, 0.29) is 18.3 Å². The first-order valence-electron chi connectivity index (χ1n) is 9.38. The Hall–Kier alpha value is -0.875. The lowest BCUT2D eigenvalue weighted by atomic mass is 9.73. The van der Waals surface area contributed by atoms with Crippen molar-refractivity contribution in [3.05, 3.63) is 29.3 Å². The van der Waals surface area contributed by atoms with E-state index in [4.69, 9.17) is 19.8 Å². The number of rotatable bonds is 3. The van der Waals surface area contributed by atoms with Gasteiger partial charge < -0.3 is 19.8 Å². The van der Waals surface area contributed by atoms with Gasteiger partial charge in [0.05, 0.1) is 11.2 Å². The molecule has 2 aliphatic heterocycles. The van der Waals surface area contributed by atoms with Gasteiger partial charge in [0.2, 0.25) is 0 Å². The van der Waals surface area contributed by atoms with Gasteiger partial charge in [0.1, 0.15) is 0 Å². The van der Waals surface area contributed by atoms with Gasteiger partial charge in [-0.3, -0.25) is 0 Å². The Balaban J connectivity index is 1.95. The van der Waals surface area contributed by atoms with Crippen molar-refractivity contribution in [2.45, 2.75) is 77.0 Å². The molecule has 0 spiro atoms. The summed E-state index contributed by atoms with van der Waals surface area (Å²) in [6.07, 6.45) is 2.11. The third-order valence-corrected chi connectivity index (χ3v) is 5.96. The van der Waals surface area contributed by atoms with Gasteiger partial charge in [0.15, 0.2) is 0 Å². The second kappa shape index (κ2) is 6.38. The molecule has 1 aromatic carbocycles. The summed E-state index contributed by atoms with van der Waals surface area (Å²) < 4.78 is 18.0. The zero-order valence-electron chi connectivity index (χ0n) is 16.5. The van der Waals surface area contributed by atoms with Gasteiger partial charge in [-0.25, -0.2) is 0 Å². The standard InChI is InChI=1S/C20H32BNO3/c1-18(2,22)17-13-15(21-24-19(3,4)20(5,6)25-21)7-8-16(17)14-9-11-23-12-10-14/h7-8,13-14H,9-12,22H2,1-6H3. The first kappa shape index (κ1) is 18.9. The molecule has 2 heterocycles. The first-order valence-corrected chi connectivity index (χ1v) is 9.38. The number of benzene rings is 1. The van der Waals surface area contributed by atoms with Gasteiger partial charge in [-0.15, -0.1) is 0 Å². The fraction of sp³-hybridized carbons (Fsp3) is 0.700. The van der Waals surface area contributed by atoms with Crippen molar-refractivity contribution >= 4 is 12.6 Å². The highest BCUT2D eigenvalue weighted by Gasteiger charge is 2.51. The van der Waals surface area contributed by atoms with Crippen LogP contribution in [0.5, 0.6) is 0 Å². The van der Waals surface area contributed by atoms with Crippen LogP contribution in [-0.2, 0) is 19.6 Å². The molecule has 138 valence electrons. The maximum Gasteiger partial charge on any atom is 0.494 e. The first-order chi connectivity index (χ1) is 11.5. The normalized spacial score (nSPS) is 23.9. The Morgan fingerprint density at radius 3 is 2.12 bits per heavy atom. The molecule has 0 aliphatic carbocycles. The van der Waals surface area contributed by atoms with Crippen LogP contribution in [0.4, 0.5) is 0 Å². The molecule has 25 heavy (non-hydrogen) atoms. The zero-order valence-corrected chi connectivity index (χ0v) is 16.5. The minimum atomic E-state index is -0.409. The fourth-order valence-corrected chi connectivity index (χ4v) is 3.62. The minimum Gasteiger partial charge on any atom is -0.399 e. The predicted octanol–water partition coefficient (Wildman–Crippen LogP) is 3.07. The van der Waals surface area contributed by atoms with Gasteiger partial charge in [0.25, 0.3) is 0 Å². The molecule has 0 unspecified atom stereocenters. The summed E-state index contributed by atoms with van der Waals surface area (Å²) in [5.74, 6) is 0.513. The Bertz CT molecular complexity index is 614. The van der Waals surface area contributed by atoms with E-state index in [2.05, 4.69) is 59.7 Å². The second-order valence-electron chi connectivity index (χ2n) is 9.04. The lowest BCUT2D eigenvalue weighted by Gasteiger charge is -2.32. The van der Waals surface area contributed by atoms with Gasteiger partial charge >= 0.3 is 7.12 Å². The third-order valence-electron chi connectivity index (χ3n) is 5.96. The van der Waals surface area contributed by atoms with Crippen LogP contribution in [0.15, 0.2) is 18.2 Å². The number of nitrogens with two attached hydrogens (primary N) is 1. The maximum atomic E-state index is 6.53. The van der Waals surface area contributed by atoms with E-state index in [1.165, 1.54) is 11.1 Å². The topological polar surface area (TPSA) is 53.7 Å². The van der Waals surface area contributed by atoms with E-state index in [0.29, 0.717) is 5.92 Å². The highest BCUT2D eigenvalue weighted by molar-refractivity contribution is 6.62. The molecule has 0 radical (unpaired) electrons. The molecule has 2 saturated heterocycles. The maximum absolute atomic E-state index is 6.53. The highest BCUT2D eigenvalue weighted by atomic mass is 16.7. The van der Waals surface area contributed by atoms with Crippen molar-refractivity contribution in [1.29, 1.82) is 0 Å². The SMILES string of the molecule is CC(C)(N)c1cc(B2OC(C)(C)C(C)(C)O2)ccc1C1CCOCC1. The van der Waals surface area contributed by atoms with E-state index in [9.17, 15) is 0 Å². The lowest BCUT2D eigenvalue weighted by Crippen LogP contribution is -2.41. The second-order valence-corrected chi connectivity index (χ2v) is 9.04. The van der Waals surface area contributed by atoms with Crippen molar-refractivity contribution in [2.75, 3.05) is 13.2 Å². The molecule has 2 N–H and O–H groups in total. The van der Waals surface area contributed by atoms with E-state index in [1.54, 1.807) is 0 Å². The van der Waals surface area contributed by atoms with Crippen molar-refractivity contribution in [3.63, 3.8) is 0 Å². The molecule has 4 nitrogen and oxygen atoms in total. The van der Waals surface area contributed by atoms with Gasteiger partial charge in [-0.05, 0) is 76.9 Å². The van der Waals surface area contributed by atoms with Crippen LogP contribution in [0.3, 0.4) is 0 Å². The molecular formula is C20H32BNO3. The molecule has 3 rings (SSSR count). The Labute approximate surface area is 152 Å². The Morgan fingerprint density at radius 2 is 1.60 bits per heavy atom. The van der Waals surface area contributed by atoms with Crippen LogP contribution in [-0.4, -0.2) is 31.5 Å². The quantitative estimate of drug-likeness (QED) is 0.856. The van der Waals surface area contributed by atoms with E-state index in [0.717, 1.165) is 31.5 Å². The summed E-state index contributed by atoms with van der Waals surface area (Å²) in [6.45, 7) is 14.1. The van der Waals surface area contributed by atoms with Crippen LogP contribution < -0.4 is 11.2 Å². The van der Waals surface area contributed by atoms with E-state index in [1.807, 2.05) is 0 Å². The molecule has 0 bridgehead atoms. The van der Waals surface area contributed by atoms with Crippen molar-refractivity contribution in [3.8, 4) is 0 Å². The van der Waals surface area contributed by atoms with Gasteiger partial charge in [0, 0.05) is 18.8 Å². The average Bonchev–Trinajstić information content (AvgIpc) is 2.75. The monoisotopic (exact) mass is 345 g/mol. The van der Waals surface area contributed by atoms with Crippen LogP contribution >= 0.6 is 0 Å². The molecule has 0 aromatic heterocycles. The summed E-state index contributed by atoms with van der Waals surface area (Å²) >= 11 is 0. The van der Waals surface area contributed by atoms with Crippen LogP contribution in [0.2, 0.25) is 0 Å². The lowest BCUT2D eigenvalue weighted by molar-refractivity contribution is 0.00578. The van der Waals surface area contributed by atoms with Crippen molar-refractivity contribution in [1.82, 2.24) is 0 Å². The summed E-state index contributed by atoms with van der Waals surface area (Å²) in [6, 6.07) is 6.55. The molecular weight excluding hydrogens is 313 g/mol. The average molecular weight is 345 g/mol. The predicted molar refractivity (Wildman–Crippen MR) is 102 cm³/mol. The van der Waals surface area contributed by atoms with Crippen LogP contribution in [0.1, 0.15) is 71.4 Å². The molecule has 0 amide bonds. The number of hydrogen-bond acceptors (Lipinski definition) is 4. The van der Waals surface area contributed by atoms with Gasteiger partial charge in [-0.2, -0.15) is 0 Å². The van der Waals surface area contributed by atoms with Crippen molar-refractivity contribution < 1.29 is 14.0 Å². The molecule has 2 aliphatic rings. The molecule has 0 atom stereocenters. The Morgan fingerprint density at radius 1 is 1.04 bits per heavy atom. The Kier molecular flexibility index (Phi) is 4.82. The highest BCUT2D eigenvalue weighted by Crippen LogP contribution is 2.38. The molecule has 5 heteroatoms. The van der Waals surface area contributed by atoms with Crippen LogP contribution in [0.25, 0.3) is 0 Å². The van der Waals surface area contributed by atoms with Crippen LogP contribution in [0, 0.1) is 0 Å². The van der Waals surface area contributed by atoms with Crippen molar-refractivity contribution in [2.24, 2.45) is 5.73 Å².